The van der Waals surface area contributed by atoms with E-state index in [0.717, 1.165) is 0 Å². The zero-order valence-electron chi connectivity index (χ0n) is 16.1. The van der Waals surface area contributed by atoms with Crippen LogP contribution in [0.4, 0.5) is 0 Å². The van der Waals surface area contributed by atoms with Crippen molar-refractivity contribution in [2.45, 2.75) is 26.7 Å². The molecule has 0 saturated carbocycles. The van der Waals surface area contributed by atoms with Crippen molar-refractivity contribution >= 4 is 16.9 Å². The lowest BCUT2D eigenvalue weighted by Crippen LogP contribution is -2.19. The van der Waals surface area contributed by atoms with Gasteiger partial charge < -0.3 is 18.6 Å². The standard InChI is InChI=1S/C22H22O6/c1-4-14(5-2)22(24)28-17-10-11-18-19(12-17)26-13-20(21(18)23)27-16-8-6-15(25-3)7-9-16/h6-14H,4-5H2,1-3H3. The van der Waals surface area contributed by atoms with Crippen molar-refractivity contribution in [1.29, 1.82) is 0 Å². The predicted octanol–water partition coefficient (Wildman–Crippen LogP) is 4.94. The Kier molecular flexibility index (Phi) is 5.99. The maximum Gasteiger partial charge on any atom is 0.314 e. The van der Waals surface area contributed by atoms with Crippen molar-refractivity contribution in [3.63, 3.8) is 0 Å². The van der Waals surface area contributed by atoms with Crippen LogP contribution in [0.5, 0.6) is 23.0 Å². The molecule has 146 valence electrons. The molecular formula is C22H22O6. The van der Waals surface area contributed by atoms with Crippen LogP contribution >= 0.6 is 0 Å². The molecule has 0 spiro atoms. The molecular weight excluding hydrogens is 360 g/mol. The van der Waals surface area contributed by atoms with E-state index in [2.05, 4.69) is 0 Å². The van der Waals surface area contributed by atoms with Crippen LogP contribution in [0.1, 0.15) is 26.7 Å². The van der Waals surface area contributed by atoms with E-state index >= 15 is 0 Å². The van der Waals surface area contributed by atoms with Gasteiger partial charge in [-0.2, -0.15) is 0 Å². The number of hydrogen-bond acceptors (Lipinski definition) is 6. The smallest absolute Gasteiger partial charge is 0.314 e. The summed E-state index contributed by atoms with van der Waals surface area (Å²) < 4.78 is 21.7. The molecule has 0 fully saturated rings. The molecule has 28 heavy (non-hydrogen) atoms. The fourth-order valence-corrected chi connectivity index (χ4v) is 2.82. The van der Waals surface area contributed by atoms with E-state index in [1.165, 1.54) is 12.3 Å². The summed E-state index contributed by atoms with van der Waals surface area (Å²) in [5.74, 6) is 1.15. The van der Waals surface area contributed by atoms with Crippen LogP contribution in [0.25, 0.3) is 11.0 Å². The largest absolute Gasteiger partial charge is 0.497 e. The Balaban J connectivity index is 1.83. The van der Waals surface area contributed by atoms with E-state index in [0.29, 0.717) is 41.1 Å². The first-order valence-electron chi connectivity index (χ1n) is 9.14. The molecule has 6 nitrogen and oxygen atoms in total. The van der Waals surface area contributed by atoms with E-state index < -0.39 is 0 Å². The third-order valence-corrected chi connectivity index (χ3v) is 4.54. The molecule has 0 saturated heterocycles. The van der Waals surface area contributed by atoms with Gasteiger partial charge in [0.15, 0.2) is 0 Å². The highest BCUT2D eigenvalue weighted by molar-refractivity contribution is 5.81. The van der Waals surface area contributed by atoms with Gasteiger partial charge in [-0.3, -0.25) is 9.59 Å². The van der Waals surface area contributed by atoms with Crippen LogP contribution < -0.4 is 19.6 Å². The Morgan fingerprint density at radius 1 is 1.00 bits per heavy atom. The highest BCUT2D eigenvalue weighted by Crippen LogP contribution is 2.26. The summed E-state index contributed by atoms with van der Waals surface area (Å²) in [6.07, 6.45) is 2.68. The highest BCUT2D eigenvalue weighted by atomic mass is 16.5. The Morgan fingerprint density at radius 3 is 2.29 bits per heavy atom. The molecule has 3 aromatic rings. The highest BCUT2D eigenvalue weighted by Gasteiger charge is 2.17. The van der Waals surface area contributed by atoms with E-state index in [1.54, 1.807) is 43.5 Å². The average molecular weight is 382 g/mol. The third-order valence-electron chi connectivity index (χ3n) is 4.54. The molecule has 0 aliphatic rings. The Morgan fingerprint density at radius 2 is 1.64 bits per heavy atom. The van der Waals surface area contributed by atoms with Gasteiger partial charge in [-0.15, -0.1) is 0 Å². The van der Waals surface area contributed by atoms with Crippen LogP contribution in [0.15, 0.2) is 57.9 Å². The maximum atomic E-state index is 12.7. The number of rotatable bonds is 7. The fraction of sp³-hybridized carbons (Fsp3) is 0.273. The third kappa shape index (κ3) is 4.17. The quantitative estimate of drug-likeness (QED) is 0.426. The molecule has 6 heteroatoms. The summed E-state index contributed by atoms with van der Waals surface area (Å²) in [6, 6.07) is 11.5. The van der Waals surface area contributed by atoms with Gasteiger partial charge in [0, 0.05) is 6.07 Å². The molecule has 3 rings (SSSR count). The van der Waals surface area contributed by atoms with Crippen molar-refractivity contribution in [2.24, 2.45) is 5.92 Å². The van der Waals surface area contributed by atoms with Crippen LogP contribution in [-0.4, -0.2) is 13.1 Å². The van der Waals surface area contributed by atoms with Gasteiger partial charge in [-0.05, 0) is 49.2 Å². The summed E-state index contributed by atoms with van der Waals surface area (Å²) in [6.45, 7) is 3.89. The molecule has 0 atom stereocenters. The van der Waals surface area contributed by atoms with Crippen molar-refractivity contribution in [3.8, 4) is 23.0 Å². The van der Waals surface area contributed by atoms with Crippen molar-refractivity contribution in [3.05, 3.63) is 59.0 Å². The second kappa shape index (κ2) is 8.61. The lowest BCUT2D eigenvalue weighted by Gasteiger charge is -2.12. The van der Waals surface area contributed by atoms with Crippen molar-refractivity contribution in [2.75, 3.05) is 7.11 Å². The average Bonchev–Trinajstić information content (AvgIpc) is 2.71. The van der Waals surface area contributed by atoms with Crippen molar-refractivity contribution < 1.29 is 23.4 Å². The molecule has 0 unspecified atom stereocenters. The molecule has 0 aliphatic carbocycles. The molecule has 0 bridgehead atoms. The monoisotopic (exact) mass is 382 g/mol. The lowest BCUT2D eigenvalue weighted by atomic mass is 10.0. The van der Waals surface area contributed by atoms with Gasteiger partial charge >= 0.3 is 5.97 Å². The molecule has 0 N–H and O–H groups in total. The molecule has 1 heterocycles. The number of ether oxygens (including phenoxy) is 3. The first-order valence-corrected chi connectivity index (χ1v) is 9.14. The second-order valence-electron chi connectivity index (χ2n) is 6.30. The number of carbonyl (C=O) groups excluding carboxylic acids is 1. The van der Waals surface area contributed by atoms with Gasteiger partial charge in [0.05, 0.1) is 18.4 Å². The summed E-state index contributed by atoms with van der Waals surface area (Å²) in [5, 5.41) is 0.341. The number of fused-ring (bicyclic) bond motifs is 1. The number of esters is 1. The van der Waals surface area contributed by atoms with Gasteiger partial charge in [-0.25, -0.2) is 0 Å². The summed E-state index contributed by atoms with van der Waals surface area (Å²) in [4.78, 5) is 24.8. The topological polar surface area (TPSA) is 75.0 Å². The van der Waals surface area contributed by atoms with E-state index in [-0.39, 0.29) is 23.1 Å². The van der Waals surface area contributed by atoms with Gasteiger partial charge in [-0.1, -0.05) is 13.8 Å². The minimum atomic E-state index is -0.310. The first kappa shape index (κ1) is 19.5. The molecule has 2 aromatic carbocycles. The molecule has 1 aromatic heterocycles. The number of benzene rings is 2. The van der Waals surface area contributed by atoms with Crippen LogP contribution in [0, 0.1) is 5.92 Å². The van der Waals surface area contributed by atoms with Crippen LogP contribution in [-0.2, 0) is 4.79 Å². The fourth-order valence-electron chi connectivity index (χ4n) is 2.82. The zero-order chi connectivity index (χ0) is 20.1. The SMILES string of the molecule is CCC(CC)C(=O)Oc1ccc2c(=O)c(Oc3ccc(OC)cc3)coc2c1. The summed E-state index contributed by atoms with van der Waals surface area (Å²) in [7, 11) is 1.57. The zero-order valence-corrected chi connectivity index (χ0v) is 16.1. The van der Waals surface area contributed by atoms with Crippen molar-refractivity contribution in [1.82, 2.24) is 0 Å². The normalized spacial score (nSPS) is 10.9. The van der Waals surface area contributed by atoms with Gasteiger partial charge in [0.2, 0.25) is 11.2 Å². The van der Waals surface area contributed by atoms with Crippen LogP contribution in [0.2, 0.25) is 0 Å². The number of methoxy groups -OCH3 is 1. The molecule has 0 aliphatic heterocycles. The lowest BCUT2D eigenvalue weighted by molar-refractivity contribution is -0.139. The maximum absolute atomic E-state index is 12.7. The summed E-state index contributed by atoms with van der Waals surface area (Å²) in [5.41, 5.74) is 0.0110. The van der Waals surface area contributed by atoms with Gasteiger partial charge in [0.1, 0.15) is 29.1 Å². The number of hydrogen-bond donors (Lipinski definition) is 0. The molecule has 0 amide bonds. The Hall–Kier alpha value is -3.28. The summed E-state index contributed by atoms with van der Waals surface area (Å²) >= 11 is 0. The first-order chi connectivity index (χ1) is 13.5. The Labute approximate surface area is 162 Å². The van der Waals surface area contributed by atoms with Crippen LogP contribution in [0.3, 0.4) is 0 Å². The van der Waals surface area contributed by atoms with E-state index in [1.807, 2.05) is 13.8 Å². The van der Waals surface area contributed by atoms with Gasteiger partial charge in [0.25, 0.3) is 0 Å². The van der Waals surface area contributed by atoms with E-state index in [4.69, 9.17) is 18.6 Å². The minimum Gasteiger partial charge on any atom is -0.497 e. The number of carbonyl (C=O) groups is 1. The predicted molar refractivity (Wildman–Crippen MR) is 105 cm³/mol. The molecule has 0 radical (unpaired) electrons. The second-order valence-corrected chi connectivity index (χ2v) is 6.30. The van der Waals surface area contributed by atoms with E-state index in [9.17, 15) is 9.59 Å². The minimum absolute atomic E-state index is 0.0689. The Bertz CT molecular complexity index is 1020.